The zero-order chi connectivity index (χ0) is 25.5. The zero-order valence-electron chi connectivity index (χ0n) is 20.8. The van der Waals surface area contributed by atoms with Gasteiger partial charge in [-0.3, -0.25) is 19.5 Å². The van der Waals surface area contributed by atoms with Crippen LogP contribution in [0.2, 0.25) is 0 Å². The Morgan fingerprint density at radius 1 is 1.00 bits per heavy atom. The number of para-hydroxylation sites is 1. The molecule has 6 rings (SSSR count). The van der Waals surface area contributed by atoms with Crippen LogP contribution in [0, 0.1) is 17.8 Å². The van der Waals surface area contributed by atoms with Gasteiger partial charge in [-0.05, 0) is 62.0 Å². The van der Waals surface area contributed by atoms with Gasteiger partial charge in [0.2, 0.25) is 11.8 Å². The Morgan fingerprint density at radius 2 is 1.81 bits per heavy atom. The number of nitrogens with one attached hydrogen (secondary N) is 2. The van der Waals surface area contributed by atoms with Gasteiger partial charge in [-0.25, -0.2) is 0 Å². The van der Waals surface area contributed by atoms with Gasteiger partial charge in [0.15, 0.2) is 0 Å². The molecule has 192 valence electrons. The average Bonchev–Trinajstić information content (AvgIpc) is 3.66. The summed E-state index contributed by atoms with van der Waals surface area (Å²) in [6.45, 7) is 0.613. The molecule has 3 aliphatic rings. The smallest absolute Gasteiger partial charge is 0.253 e. The Balaban J connectivity index is 1.28. The first-order valence-electron chi connectivity index (χ1n) is 13.4. The Kier molecular flexibility index (Phi) is 6.18. The number of rotatable bonds is 6. The van der Waals surface area contributed by atoms with E-state index in [9.17, 15) is 14.4 Å². The van der Waals surface area contributed by atoms with Crippen LogP contribution in [0.25, 0.3) is 10.9 Å². The van der Waals surface area contributed by atoms with Crippen LogP contribution >= 0.6 is 0 Å². The molecule has 2 bridgehead atoms. The fourth-order valence-corrected chi connectivity index (χ4v) is 7.25. The number of aromatic amines is 1. The number of H-pyrrole nitrogens is 1. The third-order valence-electron chi connectivity index (χ3n) is 8.90. The molecule has 6 atom stereocenters. The third kappa shape index (κ3) is 4.18. The maximum Gasteiger partial charge on any atom is 0.253 e. The lowest BCUT2D eigenvalue weighted by atomic mass is 9.80. The lowest BCUT2D eigenvalue weighted by molar-refractivity contribution is -0.143. The van der Waals surface area contributed by atoms with Gasteiger partial charge in [0.05, 0.1) is 29.1 Å². The number of carbonyl (C=O) groups excluding carboxylic acids is 3. The van der Waals surface area contributed by atoms with Crippen LogP contribution in [-0.4, -0.2) is 51.4 Å². The SMILES string of the molecule is NC(=O)C(c1ccccc1)[C@@H]1CCCCN1C(=O)[C@H]1[C@H]2CC[C@H](C2)[C@H]1NC(=O)c1cccc2cn[nH]c12. The molecule has 3 amide bonds. The maximum absolute atomic E-state index is 14.3. The summed E-state index contributed by atoms with van der Waals surface area (Å²) in [5, 5.41) is 11.1. The van der Waals surface area contributed by atoms with E-state index in [4.69, 9.17) is 5.73 Å². The average molecular weight is 500 g/mol. The molecule has 1 aliphatic heterocycles. The van der Waals surface area contributed by atoms with Crippen molar-refractivity contribution in [3.05, 3.63) is 65.9 Å². The number of hydrogen-bond donors (Lipinski definition) is 3. The molecule has 37 heavy (non-hydrogen) atoms. The highest BCUT2D eigenvalue weighted by Gasteiger charge is 2.53. The normalized spacial score (nSPS) is 27.8. The van der Waals surface area contributed by atoms with Crippen LogP contribution in [0.15, 0.2) is 54.7 Å². The van der Waals surface area contributed by atoms with Gasteiger partial charge in [0, 0.05) is 24.0 Å². The number of likely N-dealkylation sites (tertiary alicyclic amines) is 1. The maximum atomic E-state index is 14.3. The van der Waals surface area contributed by atoms with Crippen molar-refractivity contribution in [1.29, 1.82) is 0 Å². The van der Waals surface area contributed by atoms with Crippen molar-refractivity contribution in [1.82, 2.24) is 20.4 Å². The van der Waals surface area contributed by atoms with Crippen molar-refractivity contribution in [2.75, 3.05) is 6.54 Å². The number of fused-ring (bicyclic) bond motifs is 3. The predicted molar refractivity (Wildman–Crippen MR) is 139 cm³/mol. The minimum atomic E-state index is -0.546. The second kappa shape index (κ2) is 9.65. The molecule has 2 saturated carbocycles. The summed E-state index contributed by atoms with van der Waals surface area (Å²) in [6, 6.07) is 14.6. The highest BCUT2D eigenvalue weighted by Crippen LogP contribution is 2.50. The van der Waals surface area contributed by atoms with Crippen LogP contribution in [-0.2, 0) is 9.59 Å². The Bertz CT molecular complexity index is 1320. The number of carbonyl (C=O) groups is 3. The predicted octanol–water partition coefficient (Wildman–Crippen LogP) is 3.36. The molecule has 2 aliphatic carbocycles. The van der Waals surface area contributed by atoms with Crippen molar-refractivity contribution in [2.24, 2.45) is 23.5 Å². The standard InChI is InChI=1S/C29H33N5O3/c30-27(35)23(17-7-2-1-3-8-17)22-11-4-5-14-34(22)29(37)24-18-12-13-19(15-18)26(24)32-28(36)21-10-6-9-20-16-31-33-25(20)21/h1-3,6-10,16,18-19,22-24,26H,4-5,11-15H2,(H2,30,35)(H,31,33)(H,32,36)/t18-,19+,22-,23?,24-,26+/m0/s1. The summed E-state index contributed by atoms with van der Waals surface area (Å²) in [4.78, 5) is 42.3. The first-order chi connectivity index (χ1) is 18.0. The number of piperidine rings is 1. The van der Waals surface area contributed by atoms with Gasteiger partial charge in [-0.2, -0.15) is 5.10 Å². The van der Waals surface area contributed by atoms with E-state index in [0.29, 0.717) is 17.6 Å². The van der Waals surface area contributed by atoms with Crippen LogP contribution in [0.3, 0.4) is 0 Å². The van der Waals surface area contributed by atoms with E-state index in [0.717, 1.165) is 49.5 Å². The molecule has 1 aromatic heterocycles. The van der Waals surface area contributed by atoms with Gasteiger partial charge >= 0.3 is 0 Å². The summed E-state index contributed by atoms with van der Waals surface area (Å²) in [6.07, 6.45) is 7.28. The van der Waals surface area contributed by atoms with Crippen molar-refractivity contribution in [3.63, 3.8) is 0 Å². The quantitative estimate of drug-likeness (QED) is 0.481. The highest BCUT2D eigenvalue weighted by atomic mass is 16.2. The van der Waals surface area contributed by atoms with Crippen molar-refractivity contribution < 1.29 is 14.4 Å². The molecule has 3 aromatic rings. The van der Waals surface area contributed by atoms with E-state index in [1.807, 2.05) is 47.4 Å². The first kappa shape index (κ1) is 23.7. The van der Waals surface area contributed by atoms with E-state index in [1.165, 1.54) is 0 Å². The fraction of sp³-hybridized carbons (Fsp3) is 0.448. The summed E-state index contributed by atoms with van der Waals surface area (Å²) in [5.41, 5.74) is 8.02. The Labute approximate surface area is 216 Å². The number of hydrogen-bond acceptors (Lipinski definition) is 4. The molecule has 0 radical (unpaired) electrons. The summed E-state index contributed by atoms with van der Waals surface area (Å²) < 4.78 is 0. The van der Waals surface area contributed by atoms with Crippen molar-refractivity contribution in [2.45, 2.75) is 56.5 Å². The van der Waals surface area contributed by atoms with E-state index >= 15 is 0 Å². The summed E-state index contributed by atoms with van der Waals surface area (Å²) in [5.74, 6) is -0.820. The molecule has 3 fully saturated rings. The van der Waals surface area contributed by atoms with E-state index in [-0.39, 0.29) is 41.7 Å². The lowest BCUT2D eigenvalue weighted by Gasteiger charge is -2.43. The minimum Gasteiger partial charge on any atom is -0.369 e. The molecule has 1 unspecified atom stereocenters. The number of nitrogens with two attached hydrogens (primary N) is 1. The Hall–Kier alpha value is -3.68. The lowest BCUT2D eigenvalue weighted by Crippen LogP contribution is -2.56. The van der Waals surface area contributed by atoms with Crippen molar-refractivity contribution in [3.8, 4) is 0 Å². The monoisotopic (exact) mass is 499 g/mol. The van der Waals surface area contributed by atoms with Gasteiger partial charge in [0.25, 0.3) is 5.91 Å². The van der Waals surface area contributed by atoms with Crippen LogP contribution in [0.4, 0.5) is 0 Å². The van der Waals surface area contributed by atoms with E-state index in [1.54, 1.807) is 12.3 Å². The number of nitrogens with zero attached hydrogens (tertiary/aromatic N) is 2. The second-order valence-electron chi connectivity index (χ2n) is 10.9. The molecule has 2 aromatic carbocycles. The largest absolute Gasteiger partial charge is 0.369 e. The molecular formula is C29H33N5O3. The zero-order valence-corrected chi connectivity index (χ0v) is 20.8. The number of primary amides is 1. The molecule has 4 N–H and O–H groups in total. The molecule has 8 heteroatoms. The molecule has 1 saturated heterocycles. The van der Waals surface area contributed by atoms with E-state index < -0.39 is 11.8 Å². The van der Waals surface area contributed by atoms with Gasteiger partial charge in [-0.1, -0.05) is 42.5 Å². The number of benzene rings is 2. The van der Waals surface area contributed by atoms with Gasteiger partial charge in [0.1, 0.15) is 0 Å². The first-order valence-corrected chi connectivity index (χ1v) is 13.4. The van der Waals surface area contributed by atoms with E-state index in [2.05, 4.69) is 15.5 Å². The third-order valence-corrected chi connectivity index (χ3v) is 8.90. The van der Waals surface area contributed by atoms with Gasteiger partial charge in [-0.15, -0.1) is 0 Å². The highest BCUT2D eigenvalue weighted by molar-refractivity contribution is 6.05. The number of aromatic nitrogens is 2. The van der Waals surface area contributed by atoms with Crippen LogP contribution < -0.4 is 11.1 Å². The van der Waals surface area contributed by atoms with Crippen LogP contribution in [0.5, 0.6) is 0 Å². The second-order valence-corrected chi connectivity index (χ2v) is 10.9. The molecule has 0 spiro atoms. The molecule has 8 nitrogen and oxygen atoms in total. The topological polar surface area (TPSA) is 121 Å². The minimum absolute atomic E-state index is 0.0594. The van der Waals surface area contributed by atoms with Crippen molar-refractivity contribution >= 4 is 28.6 Å². The molecular weight excluding hydrogens is 466 g/mol. The van der Waals surface area contributed by atoms with Gasteiger partial charge < -0.3 is 16.0 Å². The summed E-state index contributed by atoms with van der Waals surface area (Å²) >= 11 is 0. The number of amides is 3. The fourth-order valence-electron chi connectivity index (χ4n) is 7.25. The molecule has 2 heterocycles. The Morgan fingerprint density at radius 3 is 2.62 bits per heavy atom. The summed E-state index contributed by atoms with van der Waals surface area (Å²) in [7, 11) is 0. The van der Waals surface area contributed by atoms with Crippen LogP contribution in [0.1, 0.15) is 60.4 Å².